The highest BCUT2D eigenvalue weighted by Gasteiger charge is 2.36. The van der Waals surface area contributed by atoms with Gasteiger partial charge in [0.15, 0.2) is 0 Å². The van der Waals surface area contributed by atoms with E-state index < -0.39 is 23.7 Å². The highest BCUT2D eigenvalue weighted by molar-refractivity contribution is 5.97. The highest BCUT2D eigenvalue weighted by atomic mass is 19.4. The average molecular weight is 587 g/mol. The number of nitrogens with zero attached hydrogens (tertiary/aromatic N) is 3. The molecule has 2 aliphatic heterocycles. The van der Waals surface area contributed by atoms with Crippen molar-refractivity contribution in [1.29, 1.82) is 0 Å². The number of nitrogens with one attached hydrogen (secondary N) is 1. The first kappa shape index (κ1) is 29.9. The Bertz CT molecular complexity index is 1270. The predicted octanol–water partition coefficient (Wildman–Crippen LogP) is 4.06. The van der Waals surface area contributed by atoms with Crippen LogP contribution in [0.25, 0.3) is 0 Å². The lowest BCUT2D eigenvalue weighted by atomic mass is 9.89. The summed E-state index contributed by atoms with van der Waals surface area (Å²) in [5.74, 6) is -0.477. The minimum absolute atomic E-state index is 0.00211. The topological polar surface area (TPSA) is 82.2 Å². The fraction of sp³-hybridized carbons (Fsp3) is 0.516. The number of benzene rings is 2. The Labute approximate surface area is 243 Å². The molecule has 5 rings (SSSR count). The van der Waals surface area contributed by atoms with Crippen LogP contribution in [0.1, 0.15) is 58.4 Å². The maximum Gasteiger partial charge on any atom is 0.416 e. The smallest absolute Gasteiger partial charge is 0.416 e. The van der Waals surface area contributed by atoms with Crippen molar-refractivity contribution in [3.63, 3.8) is 0 Å². The van der Waals surface area contributed by atoms with E-state index in [0.29, 0.717) is 37.7 Å². The van der Waals surface area contributed by atoms with Crippen LogP contribution < -0.4 is 10.1 Å². The first-order valence-electron chi connectivity index (χ1n) is 14.7. The van der Waals surface area contributed by atoms with Gasteiger partial charge in [-0.3, -0.25) is 19.3 Å². The molecule has 2 fully saturated rings. The molecular weight excluding hydrogens is 549 g/mol. The number of alkyl halides is 3. The van der Waals surface area contributed by atoms with Crippen molar-refractivity contribution in [3.05, 3.63) is 65.2 Å². The van der Waals surface area contributed by atoms with E-state index >= 15 is 0 Å². The van der Waals surface area contributed by atoms with Gasteiger partial charge in [-0.1, -0.05) is 37.5 Å². The van der Waals surface area contributed by atoms with Crippen LogP contribution in [0.4, 0.5) is 13.2 Å². The molecule has 2 aromatic rings. The third-order valence-electron chi connectivity index (χ3n) is 8.41. The van der Waals surface area contributed by atoms with Crippen LogP contribution in [0, 0.1) is 5.92 Å². The van der Waals surface area contributed by atoms with Crippen molar-refractivity contribution >= 4 is 17.7 Å². The summed E-state index contributed by atoms with van der Waals surface area (Å²) in [5, 5.41) is 2.73. The molecule has 3 aliphatic rings. The van der Waals surface area contributed by atoms with Crippen molar-refractivity contribution in [2.75, 3.05) is 52.4 Å². The van der Waals surface area contributed by atoms with Gasteiger partial charge in [-0.15, -0.1) is 0 Å². The number of amides is 3. The number of fused-ring (bicyclic) bond motifs is 2. The molecular formula is C31H37F3N4O4. The largest absolute Gasteiger partial charge is 0.491 e. The molecule has 11 heteroatoms. The summed E-state index contributed by atoms with van der Waals surface area (Å²) < 4.78 is 46.5. The molecule has 8 nitrogen and oxygen atoms in total. The van der Waals surface area contributed by atoms with Gasteiger partial charge < -0.3 is 19.9 Å². The predicted molar refractivity (Wildman–Crippen MR) is 150 cm³/mol. The lowest BCUT2D eigenvalue weighted by molar-refractivity contribution is -0.138. The number of carbonyl (C=O) groups is 3. The standard InChI is InChI=1S/C31H37F3N4O4/c32-31(33,34)24-11-12-27-26(17-24)29(40)35-13-14-36(18-22-7-3-1-4-8-22)20-28(39)38-16-15-37(19-25(38)21-42-27)30(41)23-9-5-2-6-10-23/h2,5-6,9-12,17,22,25H,1,3-4,7-8,13-16,18-21H2,(H,35,40)/t25-/m0/s1. The minimum Gasteiger partial charge on any atom is -0.491 e. The summed E-state index contributed by atoms with van der Waals surface area (Å²) in [4.78, 5) is 45.5. The molecule has 3 amide bonds. The van der Waals surface area contributed by atoms with E-state index in [0.717, 1.165) is 43.9 Å². The number of carbonyl (C=O) groups excluding carboxylic acids is 3. The third kappa shape index (κ3) is 7.24. The summed E-state index contributed by atoms with van der Waals surface area (Å²) in [6, 6.07) is 11.1. The molecule has 2 aromatic carbocycles. The fourth-order valence-corrected chi connectivity index (χ4v) is 6.14. The fourth-order valence-electron chi connectivity index (χ4n) is 6.14. The van der Waals surface area contributed by atoms with E-state index in [2.05, 4.69) is 5.32 Å². The van der Waals surface area contributed by atoms with E-state index in [1.807, 2.05) is 11.0 Å². The Kier molecular flexibility index (Phi) is 9.35. The van der Waals surface area contributed by atoms with Crippen LogP contribution in [0.2, 0.25) is 0 Å². The Balaban J connectivity index is 1.42. The van der Waals surface area contributed by atoms with E-state index in [4.69, 9.17) is 4.74 Å². The van der Waals surface area contributed by atoms with Gasteiger partial charge in [-0.25, -0.2) is 0 Å². The number of halogens is 3. The normalized spacial score (nSPS) is 21.6. The molecule has 1 aliphatic carbocycles. The molecule has 1 saturated carbocycles. The van der Waals surface area contributed by atoms with Gasteiger partial charge in [-0.2, -0.15) is 13.2 Å². The molecule has 2 heterocycles. The second-order valence-corrected chi connectivity index (χ2v) is 11.4. The SMILES string of the molecule is O=C1NCCN(CC2CCCCC2)CC(=O)N2CCN(C(=O)c3ccccc3)C[C@H]2COc2ccc(C(F)(F)F)cc21. The van der Waals surface area contributed by atoms with Crippen LogP contribution in [0.5, 0.6) is 5.75 Å². The summed E-state index contributed by atoms with van der Waals surface area (Å²) in [6.45, 7) is 2.20. The monoisotopic (exact) mass is 586 g/mol. The van der Waals surface area contributed by atoms with Crippen LogP contribution >= 0.6 is 0 Å². The molecule has 0 bridgehead atoms. The quantitative estimate of drug-likeness (QED) is 0.587. The molecule has 0 radical (unpaired) electrons. The van der Waals surface area contributed by atoms with Gasteiger partial charge >= 0.3 is 6.18 Å². The molecule has 42 heavy (non-hydrogen) atoms. The van der Waals surface area contributed by atoms with Crippen LogP contribution in [-0.2, 0) is 11.0 Å². The van der Waals surface area contributed by atoms with Gasteiger partial charge in [0.1, 0.15) is 12.4 Å². The zero-order chi connectivity index (χ0) is 29.7. The molecule has 0 aromatic heterocycles. The van der Waals surface area contributed by atoms with Crippen LogP contribution in [0.15, 0.2) is 48.5 Å². The second-order valence-electron chi connectivity index (χ2n) is 11.4. The molecule has 1 saturated heterocycles. The van der Waals surface area contributed by atoms with E-state index in [-0.39, 0.29) is 49.4 Å². The minimum atomic E-state index is -4.63. The first-order valence-corrected chi connectivity index (χ1v) is 14.7. The Morgan fingerprint density at radius 1 is 0.976 bits per heavy atom. The lowest BCUT2D eigenvalue weighted by Gasteiger charge is -2.42. The molecule has 226 valence electrons. The van der Waals surface area contributed by atoms with Crippen LogP contribution in [0.3, 0.4) is 0 Å². The zero-order valence-electron chi connectivity index (χ0n) is 23.6. The summed E-state index contributed by atoms with van der Waals surface area (Å²) in [6.07, 6.45) is 1.05. The molecule has 0 unspecified atom stereocenters. The van der Waals surface area contributed by atoms with Crippen molar-refractivity contribution in [3.8, 4) is 5.75 Å². The lowest BCUT2D eigenvalue weighted by Crippen LogP contribution is -2.60. The van der Waals surface area contributed by atoms with Crippen molar-refractivity contribution < 1.29 is 32.3 Å². The van der Waals surface area contributed by atoms with Crippen molar-refractivity contribution in [2.45, 2.75) is 44.3 Å². The van der Waals surface area contributed by atoms with E-state index in [1.54, 1.807) is 34.1 Å². The third-order valence-corrected chi connectivity index (χ3v) is 8.41. The number of ether oxygens (including phenoxy) is 1. The first-order chi connectivity index (χ1) is 20.2. The average Bonchev–Trinajstić information content (AvgIpc) is 3.00. The van der Waals surface area contributed by atoms with Gasteiger partial charge in [0.25, 0.3) is 11.8 Å². The molecule has 1 N–H and O–H groups in total. The summed E-state index contributed by atoms with van der Waals surface area (Å²) in [5.41, 5.74) is -0.630. The second kappa shape index (κ2) is 13.1. The van der Waals surface area contributed by atoms with Gasteiger partial charge in [-0.05, 0) is 49.1 Å². The Hall–Kier alpha value is -3.60. The number of hydrogen-bond acceptors (Lipinski definition) is 5. The van der Waals surface area contributed by atoms with Crippen molar-refractivity contribution in [1.82, 2.24) is 20.0 Å². The van der Waals surface area contributed by atoms with Crippen molar-refractivity contribution in [2.24, 2.45) is 5.92 Å². The molecule has 1 atom stereocenters. The maximum absolute atomic E-state index is 13.7. The number of piperazine rings is 1. The summed E-state index contributed by atoms with van der Waals surface area (Å²) >= 11 is 0. The molecule has 0 spiro atoms. The van der Waals surface area contributed by atoms with E-state index in [1.165, 1.54) is 6.42 Å². The van der Waals surface area contributed by atoms with Crippen LogP contribution in [-0.4, -0.2) is 90.9 Å². The van der Waals surface area contributed by atoms with E-state index in [9.17, 15) is 27.6 Å². The number of hydrogen-bond donors (Lipinski definition) is 1. The van der Waals surface area contributed by atoms with Gasteiger partial charge in [0.05, 0.1) is 23.7 Å². The Morgan fingerprint density at radius 2 is 1.74 bits per heavy atom. The Morgan fingerprint density at radius 3 is 2.48 bits per heavy atom. The zero-order valence-corrected chi connectivity index (χ0v) is 23.6. The summed E-state index contributed by atoms with van der Waals surface area (Å²) in [7, 11) is 0. The number of rotatable bonds is 3. The van der Waals surface area contributed by atoms with Gasteiger partial charge in [0.2, 0.25) is 5.91 Å². The highest BCUT2D eigenvalue weighted by Crippen LogP contribution is 2.33. The van der Waals surface area contributed by atoms with Gasteiger partial charge in [0, 0.05) is 44.8 Å². The maximum atomic E-state index is 13.7.